The van der Waals surface area contributed by atoms with E-state index in [2.05, 4.69) is 45.0 Å². The van der Waals surface area contributed by atoms with E-state index in [4.69, 9.17) is 51.3 Å². The van der Waals surface area contributed by atoms with Crippen LogP contribution in [0.5, 0.6) is 11.5 Å². The van der Waals surface area contributed by atoms with Crippen LogP contribution in [0.4, 0.5) is 0 Å². The lowest BCUT2D eigenvalue weighted by molar-refractivity contribution is 0.00578. The van der Waals surface area contributed by atoms with Crippen LogP contribution >= 0.6 is 66.1 Å². The Morgan fingerprint density at radius 2 is 1.20 bits per heavy atom. The zero-order valence-electron chi connectivity index (χ0n) is 37.1. The monoisotopic (exact) mass is 1080 g/mol. The van der Waals surface area contributed by atoms with Gasteiger partial charge >= 0.3 is 19.1 Å². The predicted octanol–water partition coefficient (Wildman–Crippen LogP) is 12.1. The highest BCUT2D eigenvalue weighted by atomic mass is 79.9. The van der Waals surface area contributed by atoms with Crippen LogP contribution in [0.3, 0.4) is 0 Å². The van der Waals surface area contributed by atoms with E-state index in [9.17, 15) is 19.2 Å². The Morgan fingerprint density at radius 1 is 0.712 bits per heavy atom. The normalized spacial score (nSPS) is 13.4. The van der Waals surface area contributed by atoms with Gasteiger partial charge in [-0.1, -0.05) is 58.3 Å². The number of hydrogen-bond donors (Lipinski definition) is 2. The average molecular weight is 1080 g/mol. The van der Waals surface area contributed by atoms with Crippen molar-refractivity contribution in [1.82, 2.24) is 0 Å². The summed E-state index contributed by atoms with van der Waals surface area (Å²) < 4.78 is 36.6. The minimum Gasteiger partial charge on any atom is -0.489 e. The van der Waals surface area contributed by atoms with Crippen molar-refractivity contribution in [2.75, 3.05) is 13.2 Å². The van der Waals surface area contributed by atoms with Crippen LogP contribution in [-0.4, -0.2) is 55.3 Å². The van der Waals surface area contributed by atoms with Crippen molar-refractivity contribution < 1.29 is 47.4 Å². The van der Waals surface area contributed by atoms with Crippen molar-refractivity contribution in [1.29, 1.82) is 0 Å². The number of ether oxygens (including phenoxy) is 4. The number of halogens is 3. The zero-order valence-corrected chi connectivity index (χ0v) is 42.7. The second-order valence-electron chi connectivity index (χ2n) is 15.2. The molecule has 1 saturated heterocycles. The molecule has 0 aliphatic carbocycles. The van der Waals surface area contributed by atoms with Crippen molar-refractivity contribution >= 4 is 123 Å². The summed E-state index contributed by atoms with van der Waals surface area (Å²) in [5, 5.41) is 2.25. The number of primary amides is 2. The SMILES string of the molecule is C=CB1OC(C)(C)C(C)(C)O1.C=Cc1cc(OCc2c(C(=O)OCC)sc3cccc(Br)c23)ccc1C(N)=O.CCOC(=O)c1sc2cccc(Cl)c2c1COc1ccc(C(N)=O)c(Br)c1. The zero-order chi connectivity index (χ0) is 48.5. The lowest BCUT2D eigenvalue weighted by Gasteiger charge is -2.32. The quantitative estimate of drug-likeness (QED) is 0.0789. The van der Waals surface area contributed by atoms with Crippen LogP contribution in [0.25, 0.3) is 26.2 Å². The van der Waals surface area contributed by atoms with Gasteiger partial charge in [0.15, 0.2) is 0 Å². The molecular formula is C48H48BBr2ClN2O10S2. The fourth-order valence-electron chi connectivity index (χ4n) is 6.44. The molecule has 0 bridgehead atoms. The number of carbonyl (C=O) groups is 4. The molecule has 12 nitrogen and oxygen atoms in total. The Balaban J connectivity index is 0.000000202. The molecular weight excluding hydrogens is 1030 g/mol. The molecule has 0 saturated carbocycles. The number of benzene rings is 4. The molecule has 6 aromatic rings. The number of fused-ring (bicyclic) bond motifs is 2. The van der Waals surface area contributed by atoms with Crippen LogP contribution in [0.15, 0.2) is 101 Å². The first-order valence-electron chi connectivity index (χ1n) is 20.4. The van der Waals surface area contributed by atoms with Crippen LogP contribution < -0.4 is 20.9 Å². The van der Waals surface area contributed by atoms with Gasteiger partial charge in [0.25, 0.3) is 0 Å². The van der Waals surface area contributed by atoms with E-state index in [1.165, 1.54) is 22.7 Å². The number of carbonyl (C=O) groups excluding carboxylic acids is 4. The second kappa shape index (κ2) is 22.7. The average Bonchev–Trinajstić information content (AvgIpc) is 3.91. The summed E-state index contributed by atoms with van der Waals surface area (Å²) in [5.41, 5.74) is 13.0. The summed E-state index contributed by atoms with van der Waals surface area (Å²) in [6.45, 7) is 19.8. The summed E-state index contributed by atoms with van der Waals surface area (Å²) >= 11 is 15.9. The molecule has 346 valence electrons. The highest BCUT2D eigenvalue weighted by molar-refractivity contribution is 9.11. The third kappa shape index (κ3) is 12.1. The summed E-state index contributed by atoms with van der Waals surface area (Å²) in [5.74, 6) is 0.904. The van der Waals surface area contributed by atoms with Gasteiger partial charge in [-0.3, -0.25) is 9.59 Å². The summed E-state index contributed by atoms with van der Waals surface area (Å²) in [6.07, 6.45) is 1.55. The first-order valence-corrected chi connectivity index (χ1v) is 24.0. The number of hydrogen-bond acceptors (Lipinski definition) is 12. The van der Waals surface area contributed by atoms with E-state index in [1.807, 2.05) is 58.0 Å². The number of amides is 2. The van der Waals surface area contributed by atoms with Crippen LogP contribution in [-0.2, 0) is 32.0 Å². The molecule has 18 heteroatoms. The summed E-state index contributed by atoms with van der Waals surface area (Å²) in [7, 11) is -0.250. The van der Waals surface area contributed by atoms with Gasteiger partial charge in [-0.25, -0.2) is 9.59 Å². The van der Waals surface area contributed by atoms with E-state index in [-0.39, 0.29) is 44.1 Å². The Labute approximate surface area is 413 Å². The number of nitrogens with two attached hydrogens (primary N) is 2. The van der Waals surface area contributed by atoms with Gasteiger partial charge in [0, 0.05) is 50.8 Å². The molecule has 0 spiro atoms. The highest BCUT2D eigenvalue weighted by Crippen LogP contribution is 2.40. The van der Waals surface area contributed by atoms with Gasteiger partial charge < -0.3 is 39.7 Å². The maximum Gasteiger partial charge on any atom is 0.486 e. The Bertz CT molecular complexity index is 2790. The van der Waals surface area contributed by atoms with Gasteiger partial charge in [-0.2, -0.15) is 0 Å². The standard InChI is InChI=1S/C21H18BrNO4S.C19H15BrClNO4S.C8H15BO2/c1-3-12-10-13(8-9-14(12)20(23)24)27-11-15-18-16(22)6-5-7-17(18)28-19(15)21(25)26-4-2;1-2-25-19(24)17-12(16-14(21)4-3-5-15(16)27-17)9-26-10-6-7-11(18(22)23)13(20)8-10;1-6-9-10-7(2,3)8(4,5)11-9/h3,5-10H,1,4,11H2,2H3,(H2,23,24);3-8H,2,9H2,1H3,(H2,22,23);6H,1H2,2-5H3. The van der Waals surface area contributed by atoms with Crippen molar-refractivity contribution in [2.45, 2.75) is 66.0 Å². The first kappa shape index (κ1) is 52.0. The van der Waals surface area contributed by atoms with Crippen LogP contribution in [0.1, 0.15) is 98.3 Å². The van der Waals surface area contributed by atoms with Crippen LogP contribution in [0.2, 0.25) is 5.02 Å². The molecule has 0 unspecified atom stereocenters. The molecule has 1 aliphatic heterocycles. The van der Waals surface area contributed by atoms with Gasteiger partial charge in [-0.05, 0) is 124 Å². The minimum absolute atomic E-state index is 0.125. The predicted molar refractivity (Wildman–Crippen MR) is 271 cm³/mol. The van der Waals surface area contributed by atoms with Gasteiger partial charge in [0.2, 0.25) is 11.8 Å². The number of thiophene rings is 2. The smallest absolute Gasteiger partial charge is 0.486 e. The fraction of sp³-hybridized carbons (Fsp3) is 0.250. The van der Waals surface area contributed by atoms with Crippen LogP contribution in [0, 0.1) is 0 Å². The largest absolute Gasteiger partial charge is 0.489 e. The molecule has 1 fully saturated rings. The number of rotatable bonds is 14. The third-order valence-corrected chi connectivity index (χ3v) is 14.4. The van der Waals surface area contributed by atoms with E-state index >= 15 is 0 Å². The molecule has 4 aromatic carbocycles. The second-order valence-corrected chi connectivity index (χ2v) is 19.5. The van der Waals surface area contributed by atoms with Crippen molar-refractivity contribution in [3.8, 4) is 11.5 Å². The van der Waals surface area contributed by atoms with Crippen molar-refractivity contribution in [3.05, 3.63) is 143 Å². The topological polar surface area (TPSA) is 176 Å². The molecule has 2 amide bonds. The fourth-order valence-corrected chi connectivity index (χ4v) is 10.3. The molecule has 4 N–H and O–H groups in total. The van der Waals surface area contributed by atoms with E-state index in [0.29, 0.717) is 59.6 Å². The van der Waals surface area contributed by atoms with E-state index in [1.54, 1.807) is 68.4 Å². The lowest BCUT2D eigenvalue weighted by Crippen LogP contribution is -2.41. The summed E-state index contributed by atoms with van der Waals surface area (Å²) in [6, 6.07) is 21.1. The summed E-state index contributed by atoms with van der Waals surface area (Å²) in [4.78, 5) is 48.6. The van der Waals surface area contributed by atoms with E-state index in [0.717, 1.165) is 30.2 Å². The molecule has 0 radical (unpaired) electrons. The van der Waals surface area contributed by atoms with Crippen molar-refractivity contribution in [2.24, 2.45) is 11.5 Å². The Hall–Kier alpha value is -5.01. The first-order chi connectivity index (χ1) is 31.3. The molecule has 66 heavy (non-hydrogen) atoms. The maximum atomic E-state index is 12.4. The molecule has 3 heterocycles. The Kier molecular flexibility index (Phi) is 17.8. The molecule has 1 aliphatic rings. The Morgan fingerprint density at radius 3 is 1.67 bits per heavy atom. The third-order valence-electron chi connectivity index (χ3n) is 10.4. The van der Waals surface area contributed by atoms with Crippen molar-refractivity contribution in [3.63, 3.8) is 0 Å². The minimum atomic E-state index is -0.534. The van der Waals surface area contributed by atoms with Gasteiger partial charge in [-0.15, -0.1) is 29.3 Å². The van der Waals surface area contributed by atoms with Gasteiger partial charge in [0.05, 0.1) is 30.0 Å². The molecule has 7 rings (SSSR count). The molecule has 0 atom stereocenters. The number of esters is 2. The molecule has 2 aromatic heterocycles. The maximum absolute atomic E-state index is 12.4. The van der Waals surface area contributed by atoms with E-state index < -0.39 is 17.8 Å². The highest BCUT2D eigenvalue weighted by Gasteiger charge is 2.49. The lowest BCUT2D eigenvalue weighted by atomic mass is 9.90. The van der Waals surface area contributed by atoms with Gasteiger partial charge in [0.1, 0.15) is 34.5 Å².